The Hall–Kier alpha value is -2.14. The van der Waals surface area contributed by atoms with Crippen LogP contribution in [0.5, 0.6) is 0 Å². The number of anilines is 1. The molecule has 2 amide bonds. The number of nitrogens with one attached hydrogen (secondary N) is 1. The Morgan fingerprint density at radius 3 is 2.42 bits per heavy atom. The van der Waals surface area contributed by atoms with Gasteiger partial charge in [-0.1, -0.05) is 23.2 Å². The SMILES string of the molecule is O=C(Nc1ccc(C(F)(F)F)c(Cl)c1)N1CCC(F)(c2ncc(C[C@@H](O)CO)cc2Cl)CC1. The number of hydrogen-bond donors (Lipinski definition) is 3. The van der Waals surface area contributed by atoms with E-state index >= 15 is 4.39 Å². The van der Waals surface area contributed by atoms with E-state index in [1.165, 1.54) is 17.2 Å². The molecule has 1 aliphatic heterocycles. The molecule has 6 nitrogen and oxygen atoms in total. The van der Waals surface area contributed by atoms with Crippen molar-refractivity contribution in [2.45, 2.75) is 37.2 Å². The molecule has 1 aromatic heterocycles. The summed E-state index contributed by atoms with van der Waals surface area (Å²) in [4.78, 5) is 17.9. The molecule has 3 rings (SSSR count). The number of aliphatic hydroxyl groups is 2. The summed E-state index contributed by atoms with van der Waals surface area (Å²) in [5.41, 5.74) is -2.23. The van der Waals surface area contributed by atoms with Crippen LogP contribution >= 0.6 is 23.2 Å². The van der Waals surface area contributed by atoms with Gasteiger partial charge in [-0.05, 0) is 29.8 Å². The lowest BCUT2D eigenvalue weighted by Crippen LogP contribution is -2.45. The van der Waals surface area contributed by atoms with Gasteiger partial charge in [-0.2, -0.15) is 13.2 Å². The standard InChI is InChI=1S/C21H21Cl2F4N3O3/c22-16-9-13(1-2-15(16)21(25,26)27)29-19(33)30-5-3-20(24,4-6-30)18-17(23)8-12(10-28-18)7-14(32)11-31/h1-2,8-10,14,31-32H,3-7,11H2,(H,29,33)/t14-/m1/s1. The second-order valence-electron chi connectivity index (χ2n) is 7.79. The maximum Gasteiger partial charge on any atom is 0.417 e. The molecule has 2 aromatic rings. The topological polar surface area (TPSA) is 85.7 Å². The third kappa shape index (κ3) is 6.06. The summed E-state index contributed by atoms with van der Waals surface area (Å²) in [6.45, 7) is -0.373. The first-order chi connectivity index (χ1) is 15.4. The van der Waals surface area contributed by atoms with Crippen molar-refractivity contribution >= 4 is 34.9 Å². The first kappa shape index (κ1) is 25.5. The molecule has 180 valence electrons. The molecule has 0 unspecified atom stereocenters. The van der Waals surface area contributed by atoms with Crippen LogP contribution in [-0.4, -0.2) is 51.9 Å². The second kappa shape index (κ2) is 10.0. The highest BCUT2D eigenvalue weighted by Gasteiger charge is 2.40. The van der Waals surface area contributed by atoms with Gasteiger partial charge >= 0.3 is 12.2 Å². The minimum atomic E-state index is -4.61. The number of halogens is 6. The molecule has 3 N–H and O–H groups in total. The average molecular weight is 510 g/mol. The first-order valence-corrected chi connectivity index (χ1v) is 10.7. The Kier molecular flexibility index (Phi) is 7.73. The van der Waals surface area contributed by atoms with E-state index in [0.717, 1.165) is 18.2 Å². The molecule has 0 saturated carbocycles. The summed E-state index contributed by atoms with van der Waals surface area (Å²) < 4.78 is 54.0. The molecular weight excluding hydrogens is 489 g/mol. The lowest BCUT2D eigenvalue weighted by molar-refractivity contribution is -0.137. The van der Waals surface area contributed by atoms with E-state index in [9.17, 15) is 23.1 Å². The summed E-state index contributed by atoms with van der Waals surface area (Å²) >= 11 is 11.9. The normalized spacial score (nSPS) is 17.0. The Morgan fingerprint density at radius 1 is 1.21 bits per heavy atom. The van der Waals surface area contributed by atoms with Gasteiger partial charge in [-0.25, -0.2) is 9.18 Å². The number of pyridine rings is 1. The molecule has 0 radical (unpaired) electrons. The minimum Gasteiger partial charge on any atom is -0.394 e. The van der Waals surface area contributed by atoms with Crippen LogP contribution < -0.4 is 5.32 Å². The van der Waals surface area contributed by atoms with Crippen molar-refractivity contribution in [1.29, 1.82) is 0 Å². The van der Waals surface area contributed by atoms with Crippen LogP contribution in [0.3, 0.4) is 0 Å². The van der Waals surface area contributed by atoms with E-state index in [1.54, 1.807) is 0 Å². The largest absolute Gasteiger partial charge is 0.417 e. The molecule has 0 bridgehead atoms. The number of carbonyl (C=O) groups excluding carboxylic acids is 1. The molecule has 1 saturated heterocycles. The molecule has 33 heavy (non-hydrogen) atoms. The maximum absolute atomic E-state index is 15.6. The van der Waals surface area contributed by atoms with Gasteiger partial charge in [-0.15, -0.1) is 0 Å². The number of urea groups is 1. The van der Waals surface area contributed by atoms with Crippen molar-refractivity contribution < 1.29 is 32.6 Å². The van der Waals surface area contributed by atoms with Crippen molar-refractivity contribution in [2.75, 3.05) is 25.0 Å². The predicted molar refractivity (Wildman–Crippen MR) is 115 cm³/mol. The molecule has 1 aromatic carbocycles. The van der Waals surface area contributed by atoms with E-state index in [2.05, 4.69) is 10.3 Å². The van der Waals surface area contributed by atoms with Gasteiger partial charge in [0.25, 0.3) is 0 Å². The van der Waals surface area contributed by atoms with Crippen LogP contribution in [0.15, 0.2) is 30.5 Å². The number of aliphatic hydroxyl groups excluding tert-OH is 2. The van der Waals surface area contributed by atoms with E-state index in [1.807, 2.05) is 0 Å². The Bertz CT molecular complexity index is 1010. The molecule has 1 aliphatic rings. The highest BCUT2D eigenvalue weighted by Crippen LogP contribution is 2.40. The van der Waals surface area contributed by atoms with E-state index in [0.29, 0.717) is 5.56 Å². The number of nitrogens with zero attached hydrogens (tertiary/aromatic N) is 2. The molecular formula is C21H21Cl2F4N3O3. The van der Waals surface area contributed by atoms with Crippen LogP contribution in [0.4, 0.5) is 28.0 Å². The quantitative estimate of drug-likeness (QED) is 0.505. The van der Waals surface area contributed by atoms with Gasteiger partial charge < -0.3 is 20.4 Å². The third-order valence-electron chi connectivity index (χ3n) is 5.37. The smallest absolute Gasteiger partial charge is 0.394 e. The molecule has 2 heterocycles. The summed E-state index contributed by atoms with van der Waals surface area (Å²) in [7, 11) is 0. The van der Waals surface area contributed by atoms with Crippen LogP contribution in [0.2, 0.25) is 10.0 Å². The van der Waals surface area contributed by atoms with Gasteiger partial charge in [0.1, 0.15) is 0 Å². The van der Waals surface area contributed by atoms with Gasteiger partial charge in [0.05, 0.1) is 34.0 Å². The first-order valence-electron chi connectivity index (χ1n) is 9.98. The second-order valence-corrected chi connectivity index (χ2v) is 8.60. The van der Waals surface area contributed by atoms with E-state index < -0.39 is 41.2 Å². The Morgan fingerprint density at radius 2 is 1.88 bits per heavy atom. The van der Waals surface area contributed by atoms with Crippen molar-refractivity contribution in [1.82, 2.24) is 9.88 Å². The summed E-state index contributed by atoms with van der Waals surface area (Å²) in [5.74, 6) is 0. The van der Waals surface area contributed by atoms with Crippen molar-refractivity contribution in [3.8, 4) is 0 Å². The summed E-state index contributed by atoms with van der Waals surface area (Å²) in [6.07, 6.45) is -4.25. The van der Waals surface area contributed by atoms with E-state index in [-0.39, 0.29) is 48.8 Å². The molecule has 0 spiro atoms. The van der Waals surface area contributed by atoms with Gasteiger partial charge in [0, 0.05) is 44.2 Å². The van der Waals surface area contributed by atoms with Gasteiger partial charge in [-0.3, -0.25) is 4.98 Å². The lowest BCUT2D eigenvalue weighted by atomic mass is 9.89. The van der Waals surface area contributed by atoms with E-state index in [4.69, 9.17) is 28.3 Å². The Balaban J connectivity index is 1.63. The predicted octanol–water partition coefficient (Wildman–Crippen LogP) is 4.80. The maximum atomic E-state index is 15.6. The number of carbonyl (C=O) groups is 1. The van der Waals surface area contributed by atoms with Crippen molar-refractivity contribution in [3.63, 3.8) is 0 Å². The number of aromatic nitrogens is 1. The van der Waals surface area contributed by atoms with Crippen molar-refractivity contribution in [3.05, 3.63) is 57.3 Å². The summed E-state index contributed by atoms with van der Waals surface area (Å²) in [6, 6.07) is 3.76. The zero-order valence-electron chi connectivity index (χ0n) is 17.2. The Labute approximate surface area is 197 Å². The molecule has 12 heteroatoms. The summed E-state index contributed by atoms with van der Waals surface area (Å²) in [5, 5.41) is 20.5. The fraction of sp³-hybridized carbons (Fsp3) is 0.429. The average Bonchev–Trinajstić information content (AvgIpc) is 2.73. The number of amides is 2. The van der Waals surface area contributed by atoms with Crippen LogP contribution in [-0.2, 0) is 18.3 Å². The number of piperidine rings is 1. The number of rotatable bonds is 5. The fourth-order valence-corrected chi connectivity index (χ4v) is 4.23. The third-order valence-corrected chi connectivity index (χ3v) is 5.97. The fourth-order valence-electron chi connectivity index (χ4n) is 3.58. The van der Waals surface area contributed by atoms with Crippen molar-refractivity contribution in [2.24, 2.45) is 0 Å². The monoisotopic (exact) mass is 509 g/mol. The zero-order chi connectivity index (χ0) is 24.4. The molecule has 1 fully saturated rings. The van der Waals surface area contributed by atoms with Gasteiger partial charge in [0.2, 0.25) is 0 Å². The highest BCUT2D eigenvalue weighted by atomic mass is 35.5. The molecule has 1 atom stereocenters. The molecule has 0 aliphatic carbocycles. The lowest BCUT2D eigenvalue weighted by Gasteiger charge is -2.36. The van der Waals surface area contributed by atoms with Crippen LogP contribution in [0.1, 0.15) is 29.7 Å². The number of hydrogen-bond acceptors (Lipinski definition) is 4. The number of alkyl halides is 4. The van der Waals surface area contributed by atoms with Gasteiger partial charge in [0.15, 0.2) is 5.67 Å². The highest BCUT2D eigenvalue weighted by molar-refractivity contribution is 6.32. The zero-order valence-corrected chi connectivity index (χ0v) is 18.7. The number of benzene rings is 1. The van der Waals surface area contributed by atoms with Crippen LogP contribution in [0, 0.1) is 0 Å². The van der Waals surface area contributed by atoms with Crippen LogP contribution in [0.25, 0.3) is 0 Å². The number of likely N-dealkylation sites (tertiary alicyclic amines) is 1. The minimum absolute atomic E-state index is 0.0275.